The third-order valence-corrected chi connectivity index (χ3v) is 2.51. The van der Waals surface area contributed by atoms with Gasteiger partial charge in [-0.25, -0.2) is 0 Å². The molecule has 0 spiro atoms. The lowest BCUT2D eigenvalue weighted by Crippen LogP contribution is -2.16. The van der Waals surface area contributed by atoms with Crippen LogP contribution in [0, 0.1) is 0 Å². The quantitative estimate of drug-likeness (QED) is 0.784. The van der Waals surface area contributed by atoms with Crippen molar-refractivity contribution in [2.24, 2.45) is 0 Å². The van der Waals surface area contributed by atoms with Gasteiger partial charge in [0.05, 0.1) is 0 Å². The summed E-state index contributed by atoms with van der Waals surface area (Å²) in [4.78, 5) is 12.3. The Morgan fingerprint density at radius 2 is 2.00 bits per heavy atom. The fourth-order valence-corrected chi connectivity index (χ4v) is 1.64. The number of carbonyl (C=O) groups is 1. The van der Waals surface area contributed by atoms with E-state index >= 15 is 0 Å². The molecule has 0 radical (unpaired) electrons. The Labute approximate surface area is 107 Å². The summed E-state index contributed by atoms with van der Waals surface area (Å²) in [6.45, 7) is 4.36. The number of hydrogen-bond acceptors (Lipinski definition) is 1. The Hall–Kier alpha value is -1.54. The summed E-state index contributed by atoms with van der Waals surface area (Å²) in [6, 6.07) is 9.93. The van der Waals surface area contributed by atoms with E-state index in [1.54, 1.807) is 11.1 Å². The third kappa shape index (κ3) is 4.87. The minimum Gasteiger partial charge on any atom is -0.320 e. The van der Waals surface area contributed by atoms with Crippen LogP contribution in [-0.2, 0) is 4.79 Å². The van der Waals surface area contributed by atoms with Crippen LogP contribution in [0.4, 0.5) is 0 Å². The molecule has 1 aliphatic heterocycles. The molecule has 1 heterocycles. The summed E-state index contributed by atoms with van der Waals surface area (Å²) in [7, 11) is 0. The van der Waals surface area contributed by atoms with Crippen molar-refractivity contribution >= 4 is 23.6 Å². The molecule has 1 aromatic carbocycles. The molecule has 1 saturated heterocycles. The maximum atomic E-state index is 10.7. The van der Waals surface area contributed by atoms with Gasteiger partial charge < -0.3 is 4.90 Å². The topological polar surface area (TPSA) is 20.3 Å². The number of halogens is 1. The first-order chi connectivity index (χ1) is 8.27. The van der Waals surface area contributed by atoms with Crippen molar-refractivity contribution in [1.82, 2.24) is 4.90 Å². The Morgan fingerprint density at radius 3 is 2.41 bits per heavy atom. The van der Waals surface area contributed by atoms with Crippen molar-refractivity contribution in [3.05, 3.63) is 54.2 Å². The van der Waals surface area contributed by atoms with Gasteiger partial charge in [0, 0.05) is 18.5 Å². The fraction of sp³-hybridized carbons (Fsp3) is 0.214. The van der Waals surface area contributed by atoms with E-state index in [9.17, 15) is 4.79 Å². The fourth-order valence-electron chi connectivity index (χ4n) is 1.50. The molecular formula is C14H16ClNO. The number of likely N-dealkylation sites (tertiary alicyclic amines) is 1. The lowest BCUT2D eigenvalue weighted by Gasteiger charge is -2.05. The van der Waals surface area contributed by atoms with Crippen LogP contribution >= 0.6 is 11.6 Å². The zero-order valence-electron chi connectivity index (χ0n) is 9.68. The largest absolute Gasteiger partial charge is 0.320 e. The molecule has 2 rings (SSSR count). The number of hydrogen-bond donors (Lipinski definition) is 0. The predicted octanol–water partition coefficient (Wildman–Crippen LogP) is 3.65. The van der Waals surface area contributed by atoms with Crippen LogP contribution in [0.3, 0.4) is 0 Å². The number of benzene rings is 1. The van der Waals surface area contributed by atoms with E-state index in [0.717, 1.165) is 18.5 Å². The summed E-state index contributed by atoms with van der Waals surface area (Å²) in [5.74, 6) is 0.208. The van der Waals surface area contributed by atoms with Crippen molar-refractivity contribution in [3.63, 3.8) is 0 Å². The van der Waals surface area contributed by atoms with E-state index in [2.05, 4.69) is 6.58 Å². The van der Waals surface area contributed by atoms with Crippen LogP contribution in [0.5, 0.6) is 0 Å². The molecule has 0 aromatic heterocycles. The van der Waals surface area contributed by atoms with Gasteiger partial charge in [0.1, 0.15) is 0 Å². The van der Waals surface area contributed by atoms with Crippen molar-refractivity contribution in [2.75, 3.05) is 6.54 Å². The summed E-state index contributed by atoms with van der Waals surface area (Å²) >= 11 is 5.36. The maximum absolute atomic E-state index is 10.7. The van der Waals surface area contributed by atoms with E-state index in [1.165, 1.54) is 5.54 Å². The first-order valence-electron chi connectivity index (χ1n) is 5.51. The van der Waals surface area contributed by atoms with Crippen LogP contribution in [0.25, 0.3) is 6.08 Å². The molecule has 0 N–H and O–H groups in total. The number of rotatable bonds is 2. The summed E-state index contributed by atoms with van der Waals surface area (Å²) in [5.41, 5.74) is 2.64. The zero-order valence-corrected chi connectivity index (χ0v) is 10.4. The van der Waals surface area contributed by atoms with Crippen LogP contribution < -0.4 is 0 Å². The van der Waals surface area contributed by atoms with Crippen LogP contribution in [0.15, 0.2) is 48.6 Å². The van der Waals surface area contributed by atoms with Gasteiger partial charge in [-0.05, 0) is 24.3 Å². The predicted molar refractivity (Wildman–Crippen MR) is 72.5 cm³/mol. The molecule has 17 heavy (non-hydrogen) atoms. The molecule has 1 aromatic rings. The Bertz CT molecular complexity index is 386. The second-order valence-electron chi connectivity index (χ2n) is 3.58. The van der Waals surface area contributed by atoms with Crippen molar-refractivity contribution in [2.45, 2.75) is 12.8 Å². The molecule has 0 aliphatic carbocycles. The van der Waals surface area contributed by atoms with Gasteiger partial charge in [-0.2, -0.15) is 0 Å². The molecule has 1 amide bonds. The highest BCUT2D eigenvalue weighted by atomic mass is 35.5. The average Bonchev–Trinajstić information content (AvgIpc) is 2.77. The third-order valence-electron chi connectivity index (χ3n) is 2.39. The molecule has 0 bridgehead atoms. The van der Waals surface area contributed by atoms with Gasteiger partial charge in [-0.3, -0.25) is 4.79 Å². The first kappa shape index (κ1) is 13.5. The molecule has 3 heteroatoms. The molecule has 90 valence electrons. The van der Waals surface area contributed by atoms with Gasteiger partial charge >= 0.3 is 0 Å². The summed E-state index contributed by atoms with van der Waals surface area (Å²) in [6.07, 6.45) is 5.13. The Balaban J connectivity index is 0.000000171. The van der Waals surface area contributed by atoms with Crippen LogP contribution in [0.2, 0.25) is 0 Å². The molecule has 2 nitrogen and oxygen atoms in total. The smallest absolute Gasteiger partial charge is 0.226 e. The van der Waals surface area contributed by atoms with Gasteiger partial charge in [-0.15, -0.1) is 0 Å². The normalized spacial score (nSPS) is 14.6. The summed E-state index contributed by atoms with van der Waals surface area (Å²) < 4.78 is 0. The van der Waals surface area contributed by atoms with Gasteiger partial charge in [-0.1, -0.05) is 48.5 Å². The number of carbonyl (C=O) groups excluding carboxylic acids is 1. The minimum absolute atomic E-state index is 0.208. The molecular weight excluding hydrogens is 234 g/mol. The maximum Gasteiger partial charge on any atom is 0.226 e. The van der Waals surface area contributed by atoms with E-state index < -0.39 is 0 Å². The van der Waals surface area contributed by atoms with Crippen LogP contribution in [0.1, 0.15) is 18.4 Å². The second kappa shape index (κ2) is 7.69. The summed E-state index contributed by atoms with van der Waals surface area (Å²) in [5, 5.41) is 0. The van der Waals surface area contributed by atoms with Gasteiger partial charge in [0.25, 0.3) is 0 Å². The van der Waals surface area contributed by atoms with E-state index in [1.807, 2.05) is 36.4 Å². The highest BCUT2D eigenvalue weighted by Gasteiger charge is 2.15. The highest BCUT2D eigenvalue weighted by molar-refractivity contribution is 6.27. The molecule has 1 fully saturated rings. The number of nitrogens with zero attached hydrogens (tertiary/aromatic N) is 1. The van der Waals surface area contributed by atoms with E-state index in [4.69, 9.17) is 11.6 Å². The van der Waals surface area contributed by atoms with Crippen molar-refractivity contribution in [3.8, 4) is 0 Å². The lowest BCUT2D eigenvalue weighted by atomic mass is 10.2. The lowest BCUT2D eigenvalue weighted by molar-refractivity contribution is -0.125. The SMILES string of the molecule is C=CN1CCCC1=O.ClC=Cc1ccccc1. The zero-order chi connectivity index (χ0) is 12.5. The van der Waals surface area contributed by atoms with Gasteiger partial charge in [0.15, 0.2) is 0 Å². The minimum atomic E-state index is 0.208. The van der Waals surface area contributed by atoms with E-state index in [-0.39, 0.29) is 5.91 Å². The molecule has 1 aliphatic rings. The Morgan fingerprint density at radius 1 is 1.29 bits per heavy atom. The molecule has 0 atom stereocenters. The van der Waals surface area contributed by atoms with Crippen LogP contribution in [-0.4, -0.2) is 17.4 Å². The standard InChI is InChI=1S/C8H7Cl.C6H9NO/c9-7-6-8-4-2-1-3-5-8;1-2-7-5-3-4-6(7)8/h1-7H;2H,1,3-5H2. The number of amides is 1. The van der Waals surface area contributed by atoms with E-state index in [0.29, 0.717) is 6.42 Å². The van der Waals surface area contributed by atoms with Gasteiger partial charge in [0.2, 0.25) is 5.91 Å². The molecule has 0 saturated carbocycles. The second-order valence-corrected chi connectivity index (χ2v) is 3.83. The molecule has 0 unspecified atom stereocenters. The van der Waals surface area contributed by atoms with Crippen molar-refractivity contribution in [1.29, 1.82) is 0 Å². The first-order valence-corrected chi connectivity index (χ1v) is 5.95. The Kier molecular flexibility index (Phi) is 6.12. The monoisotopic (exact) mass is 249 g/mol. The van der Waals surface area contributed by atoms with Crippen molar-refractivity contribution < 1.29 is 4.79 Å². The average molecular weight is 250 g/mol. The highest BCUT2D eigenvalue weighted by Crippen LogP contribution is 2.08.